The van der Waals surface area contributed by atoms with Crippen LogP contribution in [-0.4, -0.2) is 42.4 Å². The van der Waals surface area contributed by atoms with Crippen molar-refractivity contribution in [2.24, 2.45) is 4.99 Å². The molecule has 2 heterocycles. The van der Waals surface area contributed by atoms with Crippen molar-refractivity contribution in [2.45, 2.75) is 31.4 Å². The van der Waals surface area contributed by atoms with Gasteiger partial charge in [0.2, 0.25) is 0 Å². The second kappa shape index (κ2) is 7.83. The van der Waals surface area contributed by atoms with E-state index in [1.807, 2.05) is 18.2 Å². The van der Waals surface area contributed by atoms with Crippen molar-refractivity contribution >= 4 is 23.2 Å². The molecule has 6 nitrogen and oxygen atoms in total. The number of piperidine rings is 1. The van der Waals surface area contributed by atoms with Crippen LogP contribution in [0.2, 0.25) is 0 Å². The SMILES string of the molecule is CN1CC[C@@H](OC(=O)Nc2ccc(C#N)cc2)C[C@@H]1C1=Nc2ccccc2C1. The number of aliphatic imine (C=N–C) groups is 1. The molecule has 1 saturated heterocycles. The number of ether oxygens (including phenoxy) is 1. The van der Waals surface area contributed by atoms with Crippen LogP contribution in [0.3, 0.4) is 0 Å². The number of nitrogens with one attached hydrogen (secondary N) is 1. The largest absolute Gasteiger partial charge is 0.446 e. The van der Waals surface area contributed by atoms with E-state index in [2.05, 4.69) is 29.4 Å². The number of rotatable bonds is 3. The molecule has 6 heteroatoms. The third-order valence-corrected chi connectivity index (χ3v) is 5.37. The first-order valence-corrected chi connectivity index (χ1v) is 9.46. The summed E-state index contributed by atoms with van der Waals surface area (Å²) in [5.41, 5.74) is 4.61. The number of hydrogen-bond acceptors (Lipinski definition) is 5. The summed E-state index contributed by atoms with van der Waals surface area (Å²) in [4.78, 5) is 19.4. The smallest absolute Gasteiger partial charge is 0.411 e. The summed E-state index contributed by atoms with van der Waals surface area (Å²) < 4.78 is 5.67. The van der Waals surface area contributed by atoms with Gasteiger partial charge in [0.25, 0.3) is 0 Å². The number of fused-ring (bicyclic) bond motifs is 1. The van der Waals surface area contributed by atoms with Gasteiger partial charge in [-0.15, -0.1) is 0 Å². The van der Waals surface area contributed by atoms with Crippen LogP contribution < -0.4 is 5.32 Å². The molecule has 1 fully saturated rings. The van der Waals surface area contributed by atoms with Crippen molar-refractivity contribution in [1.82, 2.24) is 4.90 Å². The van der Waals surface area contributed by atoms with E-state index < -0.39 is 6.09 Å². The molecule has 0 radical (unpaired) electrons. The van der Waals surface area contributed by atoms with Crippen LogP contribution in [0.1, 0.15) is 24.0 Å². The van der Waals surface area contributed by atoms with Gasteiger partial charge in [0.15, 0.2) is 0 Å². The number of para-hydroxylation sites is 1. The summed E-state index contributed by atoms with van der Waals surface area (Å²) in [5, 5.41) is 11.6. The van der Waals surface area contributed by atoms with Crippen LogP contribution in [0.15, 0.2) is 53.5 Å². The van der Waals surface area contributed by atoms with Crippen LogP contribution >= 0.6 is 0 Å². The molecule has 28 heavy (non-hydrogen) atoms. The van der Waals surface area contributed by atoms with Gasteiger partial charge in [-0.25, -0.2) is 4.79 Å². The average Bonchev–Trinajstić information content (AvgIpc) is 3.14. The third kappa shape index (κ3) is 3.90. The topological polar surface area (TPSA) is 77.7 Å². The summed E-state index contributed by atoms with van der Waals surface area (Å²) in [6.45, 7) is 0.856. The highest BCUT2D eigenvalue weighted by atomic mass is 16.6. The second-order valence-electron chi connectivity index (χ2n) is 7.27. The highest BCUT2D eigenvalue weighted by molar-refractivity contribution is 5.98. The second-order valence-corrected chi connectivity index (χ2v) is 7.27. The molecule has 2 aromatic carbocycles. The van der Waals surface area contributed by atoms with Crippen molar-refractivity contribution in [3.8, 4) is 6.07 Å². The molecule has 0 aliphatic carbocycles. The minimum Gasteiger partial charge on any atom is -0.446 e. The molecule has 2 atom stereocenters. The van der Waals surface area contributed by atoms with E-state index in [4.69, 9.17) is 15.0 Å². The van der Waals surface area contributed by atoms with E-state index in [0.717, 1.165) is 37.2 Å². The summed E-state index contributed by atoms with van der Waals surface area (Å²) >= 11 is 0. The van der Waals surface area contributed by atoms with Crippen molar-refractivity contribution in [3.63, 3.8) is 0 Å². The van der Waals surface area contributed by atoms with E-state index in [0.29, 0.717) is 11.3 Å². The molecule has 2 aliphatic heterocycles. The van der Waals surface area contributed by atoms with Gasteiger partial charge in [-0.3, -0.25) is 15.2 Å². The fraction of sp³-hybridized carbons (Fsp3) is 0.318. The third-order valence-electron chi connectivity index (χ3n) is 5.37. The standard InChI is InChI=1S/C22H22N4O2/c1-26-11-10-18(28-22(27)24-17-8-6-15(14-23)7-9-17)13-21(26)20-12-16-4-2-3-5-19(16)25-20/h2-9,18,21H,10-13H2,1H3,(H,24,27)/t18-,21-/m1/s1. The van der Waals surface area contributed by atoms with Gasteiger partial charge in [-0.05, 0) is 49.4 Å². The monoisotopic (exact) mass is 374 g/mol. The van der Waals surface area contributed by atoms with Gasteiger partial charge >= 0.3 is 6.09 Å². The number of likely N-dealkylation sites (tertiary alicyclic amines) is 1. The van der Waals surface area contributed by atoms with Gasteiger partial charge in [-0.1, -0.05) is 18.2 Å². The molecular weight excluding hydrogens is 352 g/mol. The molecule has 0 spiro atoms. The summed E-state index contributed by atoms with van der Waals surface area (Å²) in [6, 6.07) is 17.2. The first-order chi connectivity index (χ1) is 13.6. The molecule has 0 saturated carbocycles. The number of carbonyl (C=O) groups is 1. The Bertz CT molecular complexity index is 946. The average molecular weight is 374 g/mol. The molecule has 0 bridgehead atoms. The van der Waals surface area contributed by atoms with Crippen molar-refractivity contribution < 1.29 is 9.53 Å². The zero-order chi connectivity index (χ0) is 19.5. The van der Waals surface area contributed by atoms with Crippen LogP contribution in [0.5, 0.6) is 0 Å². The fourth-order valence-electron chi connectivity index (χ4n) is 3.83. The normalized spacial score (nSPS) is 21.4. The minimum absolute atomic E-state index is 0.147. The van der Waals surface area contributed by atoms with Crippen molar-refractivity contribution in [1.29, 1.82) is 5.26 Å². The lowest BCUT2D eigenvalue weighted by Gasteiger charge is -2.36. The molecule has 2 aliphatic rings. The van der Waals surface area contributed by atoms with Crippen molar-refractivity contribution in [2.75, 3.05) is 18.9 Å². The lowest BCUT2D eigenvalue weighted by atomic mass is 9.94. The van der Waals surface area contributed by atoms with Crippen LogP contribution in [0.4, 0.5) is 16.2 Å². The molecular formula is C22H22N4O2. The molecule has 1 N–H and O–H groups in total. The van der Waals surface area contributed by atoms with Gasteiger partial charge < -0.3 is 4.74 Å². The maximum Gasteiger partial charge on any atom is 0.411 e. The Morgan fingerprint density at radius 2 is 2.04 bits per heavy atom. The van der Waals surface area contributed by atoms with Gasteiger partial charge in [0.05, 0.1) is 23.4 Å². The van der Waals surface area contributed by atoms with Crippen LogP contribution in [0.25, 0.3) is 0 Å². The summed E-state index contributed by atoms with van der Waals surface area (Å²) in [5.74, 6) is 0. The number of hydrogen-bond donors (Lipinski definition) is 1. The Kier molecular flexibility index (Phi) is 5.09. The Morgan fingerprint density at radius 3 is 2.79 bits per heavy atom. The Balaban J connectivity index is 1.37. The van der Waals surface area contributed by atoms with E-state index >= 15 is 0 Å². The molecule has 0 unspecified atom stereocenters. The Labute approximate surface area is 164 Å². The number of anilines is 1. The predicted octanol–water partition coefficient (Wildman–Crippen LogP) is 3.90. The van der Waals surface area contributed by atoms with Gasteiger partial charge in [-0.2, -0.15) is 5.26 Å². The maximum atomic E-state index is 12.3. The zero-order valence-corrected chi connectivity index (χ0v) is 15.8. The number of benzene rings is 2. The van der Waals surface area contributed by atoms with Crippen LogP contribution in [-0.2, 0) is 11.2 Å². The first-order valence-electron chi connectivity index (χ1n) is 9.46. The Morgan fingerprint density at radius 1 is 1.25 bits per heavy atom. The van der Waals surface area contributed by atoms with Gasteiger partial charge in [0, 0.05) is 30.8 Å². The van der Waals surface area contributed by atoms with Crippen LogP contribution in [0, 0.1) is 11.3 Å². The predicted molar refractivity (Wildman–Crippen MR) is 108 cm³/mol. The molecule has 1 amide bonds. The molecule has 4 rings (SSSR count). The highest BCUT2D eigenvalue weighted by Crippen LogP contribution is 2.31. The van der Waals surface area contributed by atoms with E-state index in [-0.39, 0.29) is 12.1 Å². The first kappa shape index (κ1) is 18.2. The minimum atomic E-state index is -0.463. The van der Waals surface area contributed by atoms with E-state index in [1.54, 1.807) is 24.3 Å². The number of nitrogens with zero attached hydrogens (tertiary/aromatic N) is 3. The number of amides is 1. The fourth-order valence-corrected chi connectivity index (χ4v) is 3.83. The maximum absolute atomic E-state index is 12.3. The van der Waals surface area contributed by atoms with Crippen molar-refractivity contribution in [3.05, 3.63) is 59.7 Å². The van der Waals surface area contributed by atoms with Gasteiger partial charge in [0.1, 0.15) is 6.10 Å². The number of nitriles is 1. The molecule has 0 aromatic heterocycles. The lowest BCUT2D eigenvalue weighted by molar-refractivity contribution is 0.0546. The summed E-state index contributed by atoms with van der Waals surface area (Å²) in [6.07, 6.45) is 1.79. The zero-order valence-electron chi connectivity index (χ0n) is 15.8. The Hall–Kier alpha value is -3.17. The van der Waals surface area contributed by atoms with E-state index in [1.165, 1.54) is 5.56 Å². The van der Waals surface area contributed by atoms with E-state index in [9.17, 15) is 4.79 Å². The molecule has 142 valence electrons. The highest BCUT2D eigenvalue weighted by Gasteiger charge is 2.33. The number of carbonyl (C=O) groups excluding carboxylic acids is 1. The lowest BCUT2D eigenvalue weighted by Crippen LogP contribution is -2.47. The molecule has 2 aromatic rings. The quantitative estimate of drug-likeness (QED) is 0.884. The summed E-state index contributed by atoms with van der Waals surface area (Å²) in [7, 11) is 2.10.